The smallest absolute Gasteiger partial charge is 0.240 e. The normalized spacial score (nSPS) is 15.5. The summed E-state index contributed by atoms with van der Waals surface area (Å²) in [6.45, 7) is 0.834. The van der Waals surface area contributed by atoms with E-state index in [1.165, 1.54) is 6.07 Å². The zero-order valence-electron chi connectivity index (χ0n) is 10.8. The maximum atomic E-state index is 13.5. The van der Waals surface area contributed by atoms with Gasteiger partial charge in [-0.1, -0.05) is 17.9 Å². The van der Waals surface area contributed by atoms with Crippen molar-refractivity contribution in [1.82, 2.24) is 10.2 Å². The molecule has 1 aromatic rings. The van der Waals surface area contributed by atoms with Gasteiger partial charge in [-0.2, -0.15) is 0 Å². The van der Waals surface area contributed by atoms with E-state index in [0.717, 1.165) is 5.56 Å². The summed E-state index contributed by atoms with van der Waals surface area (Å²) in [4.78, 5) is 24.2. The fourth-order valence-electron chi connectivity index (χ4n) is 1.98. The van der Waals surface area contributed by atoms with Crippen molar-refractivity contribution in [2.75, 3.05) is 19.6 Å². The van der Waals surface area contributed by atoms with E-state index in [4.69, 9.17) is 5.73 Å². The number of carbonyl (C=O) groups is 2. The average Bonchev–Trinajstić information content (AvgIpc) is 2.38. The summed E-state index contributed by atoms with van der Waals surface area (Å²) in [6, 6.07) is 4.54. The molecule has 2 rings (SSSR count). The number of nitrogens with two attached hydrogens (primary N) is 1. The quantitative estimate of drug-likeness (QED) is 0.568. The van der Waals surface area contributed by atoms with E-state index >= 15 is 0 Å². The molecule has 1 saturated heterocycles. The number of benzene rings is 1. The molecule has 20 heavy (non-hydrogen) atoms. The molecule has 0 saturated carbocycles. The van der Waals surface area contributed by atoms with Crippen LogP contribution < -0.4 is 11.1 Å². The van der Waals surface area contributed by atoms with Crippen LogP contribution in [0.15, 0.2) is 18.2 Å². The Hall–Kier alpha value is -2.23. The molecule has 0 atom stereocenters. The second-order valence-electron chi connectivity index (χ2n) is 4.44. The van der Waals surface area contributed by atoms with E-state index in [9.17, 15) is 14.0 Å². The second kappa shape index (κ2) is 6.28. The average molecular weight is 275 g/mol. The standard InChI is InChI=1S/C14H14FN3O2/c15-12-4-3-10(6-11(12)2-1-5-16)7-18-8-13(19)17-14(20)9-18/h3-4,6H,5,7-9,16H2,(H,17,19,20). The first-order chi connectivity index (χ1) is 9.58. The van der Waals surface area contributed by atoms with Crippen LogP contribution >= 0.6 is 0 Å². The largest absolute Gasteiger partial charge is 0.320 e. The molecule has 5 nitrogen and oxygen atoms in total. The van der Waals surface area contributed by atoms with Crippen molar-refractivity contribution in [2.45, 2.75) is 6.54 Å². The number of nitrogens with one attached hydrogen (secondary N) is 1. The second-order valence-corrected chi connectivity index (χ2v) is 4.44. The topological polar surface area (TPSA) is 75.4 Å². The Morgan fingerprint density at radius 2 is 2.00 bits per heavy atom. The minimum atomic E-state index is -0.415. The number of imide groups is 1. The summed E-state index contributed by atoms with van der Waals surface area (Å²) in [5.74, 6) is 4.18. The third kappa shape index (κ3) is 3.63. The number of carbonyl (C=O) groups excluding carboxylic acids is 2. The Kier molecular flexibility index (Phi) is 4.45. The molecule has 0 unspecified atom stereocenters. The molecular weight excluding hydrogens is 261 g/mol. The van der Waals surface area contributed by atoms with Gasteiger partial charge in [0.25, 0.3) is 0 Å². The van der Waals surface area contributed by atoms with E-state index < -0.39 is 5.82 Å². The van der Waals surface area contributed by atoms with Gasteiger partial charge < -0.3 is 5.73 Å². The highest BCUT2D eigenvalue weighted by Crippen LogP contribution is 2.12. The third-order valence-electron chi connectivity index (χ3n) is 2.78. The monoisotopic (exact) mass is 275 g/mol. The maximum Gasteiger partial charge on any atom is 0.240 e. The molecule has 0 spiro atoms. The number of piperazine rings is 1. The van der Waals surface area contributed by atoms with Crippen molar-refractivity contribution in [1.29, 1.82) is 0 Å². The minimum Gasteiger partial charge on any atom is -0.320 e. The lowest BCUT2D eigenvalue weighted by Gasteiger charge is -2.25. The van der Waals surface area contributed by atoms with Gasteiger partial charge in [0.15, 0.2) is 0 Å². The summed E-state index contributed by atoms with van der Waals surface area (Å²) in [5.41, 5.74) is 6.31. The molecule has 1 aromatic carbocycles. The van der Waals surface area contributed by atoms with Crippen LogP contribution in [0.5, 0.6) is 0 Å². The Morgan fingerprint density at radius 3 is 2.65 bits per heavy atom. The fraction of sp³-hybridized carbons (Fsp3) is 0.286. The molecule has 3 N–H and O–H groups in total. The summed E-state index contributed by atoms with van der Waals surface area (Å²) in [5, 5.41) is 2.23. The van der Waals surface area contributed by atoms with Crippen LogP contribution in [0.1, 0.15) is 11.1 Å². The molecule has 2 amide bonds. The van der Waals surface area contributed by atoms with Gasteiger partial charge in [0.2, 0.25) is 11.8 Å². The highest BCUT2D eigenvalue weighted by atomic mass is 19.1. The summed E-state index contributed by atoms with van der Waals surface area (Å²) >= 11 is 0. The number of rotatable bonds is 2. The predicted octanol–water partition coefficient (Wildman–Crippen LogP) is -0.406. The number of hydrogen-bond acceptors (Lipinski definition) is 4. The third-order valence-corrected chi connectivity index (χ3v) is 2.78. The van der Waals surface area contributed by atoms with Crippen molar-refractivity contribution in [3.63, 3.8) is 0 Å². The van der Waals surface area contributed by atoms with E-state index in [-0.39, 0.29) is 37.0 Å². The van der Waals surface area contributed by atoms with Crippen molar-refractivity contribution < 1.29 is 14.0 Å². The van der Waals surface area contributed by atoms with Gasteiger partial charge in [-0.05, 0) is 17.7 Å². The lowest BCUT2D eigenvalue weighted by Crippen LogP contribution is -2.50. The van der Waals surface area contributed by atoms with E-state index in [1.807, 2.05) is 0 Å². The predicted molar refractivity (Wildman–Crippen MR) is 70.8 cm³/mol. The number of nitrogens with zero attached hydrogens (tertiary/aromatic N) is 1. The fourth-order valence-corrected chi connectivity index (χ4v) is 1.98. The lowest BCUT2D eigenvalue weighted by molar-refractivity contribution is -0.136. The zero-order chi connectivity index (χ0) is 14.5. The number of amides is 2. The van der Waals surface area contributed by atoms with Crippen LogP contribution in [0, 0.1) is 17.7 Å². The maximum absolute atomic E-state index is 13.5. The first-order valence-electron chi connectivity index (χ1n) is 6.11. The molecule has 1 fully saturated rings. The van der Waals surface area contributed by atoms with Crippen molar-refractivity contribution in [3.8, 4) is 11.8 Å². The summed E-state index contributed by atoms with van der Waals surface area (Å²) in [6.07, 6.45) is 0. The first-order valence-corrected chi connectivity index (χ1v) is 6.11. The summed E-state index contributed by atoms with van der Waals surface area (Å²) < 4.78 is 13.5. The van der Waals surface area contributed by atoms with Gasteiger partial charge in [-0.15, -0.1) is 0 Å². The minimum absolute atomic E-state index is 0.146. The number of halogens is 1. The van der Waals surface area contributed by atoms with Crippen molar-refractivity contribution in [3.05, 3.63) is 35.1 Å². The lowest BCUT2D eigenvalue weighted by atomic mass is 10.1. The molecule has 1 heterocycles. The van der Waals surface area contributed by atoms with Crippen LogP contribution in [0.25, 0.3) is 0 Å². The summed E-state index contributed by atoms with van der Waals surface area (Å²) in [7, 11) is 0. The Labute approximate surface area is 115 Å². The molecule has 1 aliphatic rings. The van der Waals surface area contributed by atoms with Crippen LogP contribution in [-0.4, -0.2) is 36.3 Å². The molecule has 1 aliphatic heterocycles. The van der Waals surface area contributed by atoms with E-state index in [1.54, 1.807) is 17.0 Å². The van der Waals surface area contributed by atoms with Crippen molar-refractivity contribution in [2.24, 2.45) is 5.73 Å². The SMILES string of the molecule is NCC#Cc1cc(CN2CC(=O)NC(=O)C2)ccc1F. The molecule has 6 heteroatoms. The Bertz CT molecular complexity index is 588. The Morgan fingerprint density at radius 1 is 1.30 bits per heavy atom. The Balaban J connectivity index is 2.13. The van der Waals surface area contributed by atoms with Gasteiger partial charge in [0, 0.05) is 6.54 Å². The first kappa shape index (κ1) is 14.2. The molecule has 0 bridgehead atoms. The zero-order valence-corrected chi connectivity index (χ0v) is 10.8. The molecule has 0 aromatic heterocycles. The van der Waals surface area contributed by atoms with Crippen molar-refractivity contribution >= 4 is 11.8 Å². The van der Waals surface area contributed by atoms with Crippen LogP contribution in [0.3, 0.4) is 0 Å². The van der Waals surface area contributed by atoms with Gasteiger partial charge in [0.1, 0.15) is 5.82 Å². The van der Waals surface area contributed by atoms with E-state index in [2.05, 4.69) is 17.2 Å². The van der Waals surface area contributed by atoms with Gasteiger partial charge in [0.05, 0.1) is 25.2 Å². The molecular formula is C14H14FN3O2. The van der Waals surface area contributed by atoms with Gasteiger partial charge in [-0.3, -0.25) is 19.8 Å². The van der Waals surface area contributed by atoms with Gasteiger partial charge >= 0.3 is 0 Å². The molecule has 104 valence electrons. The van der Waals surface area contributed by atoms with Gasteiger partial charge in [-0.25, -0.2) is 4.39 Å². The molecule has 0 radical (unpaired) electrons. The van der Waals surface area contributed by atoms with Crippen LogP contribution in [0.2, 0.25) is 0 Å². The molecule has 0 aliphatic carbocycles. The van der Waals surface area contributed by atoms with Crippen LogP contribution in [0.4, 0.5) is 4.39 Å². The highest BCUT2D eigenvalue weighted by molar-refractivity contribution is 5.99. The number of hydrogen-bond donors (Lipinski definition) is 2. The van der Waals surface area contributed by atoms with Crippen LogP contribution in [-0.2, 0) is 16.1 Å². The highest BCUT2D eigenvalue weighted by Gasteiger charge is 2.22. The van der Waals surface area contributed by atoms with E-state index in [0.29, 0.717) is 6.54 Å².